The number of amides is 2. The quantitative estimate of drug-likeness (QED) is 0.322. The lowest BCUT2D eigenvalue weighted by atomic mass is 10.1. The van der Waals surface area contributed by atoms with E-state index in [1.165, 1.54) is 5.56 Å². The number of anilines is 3. The lowest BCUT2D eigenvalue weighted by Gasteiger charge is -2.13. The summed E-state index contributed by atoms with van der Waals surface area (Å²) in [5, 5.41) is 8.86. The topological polar surface area (TPSA) is 79.5 Å². The van der Waals surface area contributed by atoms with Gasteiger partial charge < -0.3 is 20.7 Å². The third-order valence-corrected chi connectivity index (χ3v) is 4.95. The van der Waals surface area contributed by atoms with Crippen molar-refractivity contribution in [3.05, 3.63) is 84.4 Å². The minimum absolute atomic E-state index is 0.0206. The fraction of sp³-hybridized carbons (Fsp3) is 0.259. The van der Waals surface area contributed by atoms with Crippen LogP contribution in [0.15, 0.2) is 78.9 Å². The molecule has 33 heavy (non-hydrogen) atoms. The average molecular weight is 446 g/mol. The Bertz CT molecular complexity index is 1040. The minimum atomic E-state index is -0.184. The molecule has 0 aliphatic carbocycles. The molecule has 3 N–H and O–H groups in total. The van der Waals surface area contributed by atoms with Crippen LogP contribution in [-0.4, -0.2) is 25.0 Å². The fourth-order valence-electron chi connectivity index (χ4n) is 3.33. The molecule has 0 bridgehead atoms. The highest BCUT2D eigenvalue weighted by Gasteiger charge is 2.08. The van der Waals surface area contributed by atoms with Crippen molar-refractivity contribution < 1.29 is 14.3 Å². The van der Waals surface area contributed by atoms with Gasteiger partial charge in [0.25, 0.3) is 0 Å². The number of carbonyl (C=O) groups is 2. The van der Waals surface area contributed by atoms with Gasteiger partial charge in [-0.05, 0) is 55.2 Å². The summed E-state index contributed by atoms with van der Waals surface area (Å²) in [6.07, 6.45) is 3.10. The molecule has 2 amide bonds. The van der Waals surface area contributed by atoms with Crippen molar-refractivity contribution in [1.29, 1.82) is 0 Å². The van der Waals surface area contributed by atoms with Crippen LogP contribution in [0.3, 0.4) is 0 Å². The second-order valence-corrected chi connectivity index (χ2v) is 7.71. The first kappa shape index (κ1) is 23.9. The number of aryl methyl sites for hydroxylation is 1. The van der Waals surface area contributed by atoms with Crippen LogP contribution in [0.1, 0.15) is 31.7 Å². The molecule has 0 spiro atoms. The number of rotatable bonds is 12. The molecule has 0 aliphatic heterocycles. The summed E-state index contributed by atoms with van der Waals surface area (Å²) in [6.45, 7) is 2.62. The van der Waals surface area contributed by atoms with Crippen LogP contribution in [-0.2, 0) is 16.0 Å². The van der Waals surface area contributed by atoms with Crippen LogP contribution in [0.5, 0.6) is 5.75 Å². The third-order valence-electron chi connectivity index (χ3n) is 4.95. The van der Waals surface area contributed by atoms with Crippen LogP contribution >= 0.6 is 0 Å². The summed E-state index contributed by atoms with van der Waals surface area (Å²) in [5.74, 6) is 0.447. The SMILES string of the molecule is CCCC(=O)Nc1cccc(NCC(=O)Nc2ccccc2OCCCc2ccccc2)c1. The molecule has 0 radical (unpaired) electrons. The van der Waals surface area contributed by atoms with Gasteiger partial charge in [0.15, 0.2) is 0 Å². The highest BCUT2D eigenvalue weighted by atomic mass is 16.5. The van der Waals surface area contributed by atoms with Gasteiger partial charge in [0, 0.05) is 17.8 Å². The standard InChI is InChI=1S/C27H31N3O3/c1-2-10-26(31)29-23-15-8-14-22(19-23)28-20-27(32)30-24-16-6-7-17-25(24)33-18-9-13-21-11-4-3-5-12-21/h3-8,11-12,14-17,19,28H,2,9-10,13,18,20H2,1H3,(H,29,31)(H,30,32). The first-order valence-corrected chi connectivity index (χ1v) is 11.3. The van der Waals surface area contributed by atoms with E-state index in [0.29, 0.717) is 30.2 Å². The van der Waals surface area contributed by atoms with Crippen molar-refractivity contribution in [2.45, 2.75) is 32.6 Å². The van der Waals surface area contributed by atoms with Gasteiger partial charge in [-0.1, -0.05) is 55.5 Å². The number of para-hydroxylation sites is 2. The molecule has 0 aromatic heterocycles. The van der Waals surface area contributed by atoms with E-state index >= 15 is 0 Å². The van der Waals surface area contributed by atoms with Crippen LogP contribution in [0.4, 0.5) is 17.1 Å². The Kier molecular flexibility index (Phi) is 9.33. The highest BCUT2D eigenvalue weighted by molar-refractivity contribution is 5.95. The van der Waals surface area contributed by atoms with Gasteiger partial charge in [0.05, 0.1) is 18.8 Å². The summed E-state index contributed by atoms with van der Waals surface area (Å²) in [5.41, 5.74) is 3.38. The molecular formula is C27H31N3O3. The van der Waals surface area contributed by atoms with Crippen molar-refractivity contribution in [3.8, 4) is 5.75 Å². The minimum Gasteiger partial charge on any atom is -0.491 e. The number of carbonyl (C=O) groups excluding carboxylic acids is 2. The number of hydrogen-bond donors (Lipinski definition) is 3. The Morgan fingerprint density at radius 1 is 0.818 bits per heavy atom. The lowest BCUT2D eigenvalue weighted by molar-refractivity contribution is -0.116. The molecule has 0 aliphatic rings. The number of ether oxygens (including phenoxy) is 1. The van der Waals surface area contributed by atoms with E-state index in [9.17, 15) is 9.59 Å². The summed E-state index contributed by atoms with van der Waals surface area (Å²) in [4.78, 5) is 24.3. The Balaban J connectivity index is 1.47. The molecule has 0 atom stereocenters. The zero-order valence-corrected chi connectivity index (χ0v) is 19.0. The lowest BCUT2D eigenvalue weighted by Crippen LogP contribution is -2.22. The van der Waals surface area contributed by atoms with Crippen LogP contribution < -0.4 is 20.7 Å². The fourth-order valence-corrected chi connectivity index (χ4v) is 3.33. The molecule has 0 unspecified atom stereocenters. The molecule has 3 aromatic carbocycles. The zero-order chi connectivity index (χ0) is 23.3. The number of benzene rings is 3. The Hall–Kier alpha value is -3.80. The summed E-state index contributed by atoms with van der Waals surface area (Å²) >= 11 is 0. The first-order chi connectivity index (χ1) is 16.1. The average Bonchev–Trinajstić information content (AvgIpc) is 2.82. The van der Waals surface area contributed by atoms with E-state index in [1.54, 1.807) is 0 Å². The van der Waals surface area contributed by atoms with Crippen molar-refractivity contribution in [3.63, 3.8) is 0 Å². The smallest absolute Gasteiger partial charge is 0.243 e. The van der Waals surface area contributed by atoms with Gasteiger partial charge in [0.1, 0.15) is 5.75 Å². The molecular weight excluding hydrogens is 414 g/mol. The van der Waals surface area contributed by atoms with E-state index in [2.05, 4.69) is 28.1 Å². The summed E-state index contributed by atoms with van der Waals surface area (Å²) in [6, 6.07) is 25.1. The first-order valence-electron chi connectivity index (χ1n) is 11.3. The van der Waals surface area contributed by atoms with E-state index in [0.717, 1.165) is 24.9 Å². The molecule has 3 aromatic rings. The van der Waals surface area contributed by atoms with Crippen molar-refractivity contribution in [2.75, 3.05) is 29.1 Å². The highest BCUT2D eigenvalue weighted by Crippen LogP contribution is 2.24. The maximum atomic E-state index is 12.5. The second kappa shape index (κ2) is 12.9. The van der Waals surface area contributed by atoms with Crippen LogP contribution in [0.25, 0.3) is 0 Å². The van der Waals surface area contributed by atoms with Crippen molar-refractivity contribution in [1.82, 2.24) is 0 Å². The maximum Gasteiger partial charge on any atom is 0.243 e. The Morgan fingerprint density at radius 3 is 2.39 bits per heavy atom. The Morgan fingerprint density at radius 2 is 1.58 bits per heavy atom. The molecule has 0 saturated heterocycles. The zero-order valence-electron chi connectivity index (χ0n) is 19.0. The molecule has 0 saturated carbocycles. The van der Waals surface area contributed by atoms with Crippen molar-refractivity contribution >= 4 is 28.9 Å². The third kappa shape index (κ3) is 8.33. The van der Waals surface area contributed by atoms with E-state index in [1.807, 2.05) is 73.7 Å². The second-order valence-electron chi connectivity index (χ2n) is 7.71. The Labute approximate surface area is 195 Å². The van der Waals surface area contributed by atoms with Gasteiger partial charge >= 0.3 is 0 Å². The number of hydrogen-bond acceptors (Lipinski definition) is 4. The summed E-state index contributed by atoms with van der Waals surface area (Å²) in [7, 11) is 0. The molecule has 6 nitrogen and oxygen atoms in total. The largest absolute Gasteiger partial charge is 0.491 e. The predicted molar refractivity (Wildman–Crippen MR) is 134 cm³/mol. The maximum absolute atomic E-state index is 12.5. The van der Waals surface area contributed by atoms with E-state index in [-0.39, 0.29) is 18.4 Å². The van der Waals surface area contributed by atoms with Crippen LogP contribution in [0.2, 0.25) is 0 Å². The summed E-state index contributed by atoms with van der Waals surface area (Å²) < 4.78 is 5.92. The van der Waals surface area contributed by atoms with Gasteiger partial charge in [-0.2, -0.15) is 0 Å². The monoisotopic (exact) mass is 445 g/mol. The molecule has 0 heterocycles. The molecule has 172 valence electrons. The molecule has 0 fully saturated rings. The van der Waals surface area contributed by atoms with Gasteiger partial charge in [-0.25, -0.2) is 0 Å². The van der Waals surface area contributed by atoms with Gasteiger partial charge in [0.2, 0.25) is 11.8 Å². The van der Waals surface area contributed by atoms with E-state index < -0.39 is 0 Å². The number of nitrogens with one attached hydrogen (secondary N) is 3. The molecule has 6 heteroatoms. The van der Waals surface area contributed by atoms with Gasteiger partial charge in [-0.3, -0.25) is 9.59 Å². The van der Waals surface area contributed by atoms with Crippen molar-refractivity contribution in [2.24, 2.45) is 0 Å². The van der Waals surface area contributed by atoms with E-state index in [4.69, 9.17) is 4.74 Å². The predicted octanol–water partition coefficient (Wildman–Crippen LogP) is 5.49. The molecule has 3 rings (SSSR count). The normalized spacial score (nSPS) is 10.3. The van der Waals surface area contributed by atoms with Gasteiger partial charge in [-0.15, -0.1) is 0 Å². The van der Waals surface area contributed by atoms with Crippen LogP contribution in [0, 0.1) is 0 Å².